The van der Waals surface area contributed by atoms with Crippen LogP contribution in [0.5, 0.6) is 5.75 Å². The molecule has 4 N–H and O–H groups in total. The summed E-state index contributed by atoms with van der Waals surface area (Å²) < 4.78 is 6.22. The van der Waals surface area contributed by atoms with Crippen molar-refractivity contribution in [3.63, 3.8) is 0 Å². The number of nitrogens with one attached hydrogen (secondary N) is 2. The van der Waals surface area contributed by atoms with Crippen LogP contribution in [0.1, 0.15) is 31.0 Å². The third-order valence-corrected chi connectivity index (χ3v) is 7.54. The number of hydrogen-bond acceptors (Lipinski definition) is 7. The molecular formula is C30H30N6OS. The van der Waals surface area contributed by atoms with Crippen LogP contribution in [0, 0.1) is 0 Å². The Morgan fingerprint density at radius 1 is 1.11 bits per heavy atom. The molecule has 0 bridgehead atoms. The molecule has 8 heteroatoms. The number of hydrogen-bond donors (Lipinski definition) is 3. The Hall–Kier alpha value is -4.01. The predicted octanol–water partition coefficient (Wildman–Crippen LogP) is 5.92. The van der Waals surface area contributed by atoms with Gasteiger partial charge in [-0.05, 0) is 85.1 Å². The molecule has 0 atom stereocenters. The highest BCUT2D eigenvalue weighted by Crippen LogP contribution is 2.32. The van der Waals surface area contributed by atoms with Crippen LogP contribution in [0.15, 0.2) is 76.8 Å². The minimum atomic E-state index is 0.201. The Morgan fingerprint density at radius 3 is 2.82 bits per heavy atom. The molecule has 0 saturated carbocycles. The highest BCUT2D eigenvalue weighted by atomic mass is 32.1. The predicted molar refractivity (Wildman–Crippen MR) is 156 cm³/mol. The number of aromatic amines is 1. The first-order valence-electron chi connectivity index (χ1n) is 13.0. The molecule has 4 aromatic heterocycles. The largest absolute Gasteiger partial charge is 0.489 e. The lowest BCUT2D eigenvalue weighted by Gasteiger charge is -2.23. The fourth-order valence-corrected chi connectivity index (χ4v) is 5.64. The zero-order chi connectivity index (χ0) is 25.9. The van der Waals surface area contributed by atoms with Crippen LogP contribution in [0.3, 0.4) is 0 Å². The molecule has 5 heterocycles. The second-order valence-corrected chi connectivity index (χ2v) is 10.2. The van der Waals surface area contributed by atoms with E-state index in [0.717, 1.165) is 70.8 Å². The number of benzene rings is 1. The molecule has 0 amide bonds. The number of aromatic nitrogens is 3. The molecule has 192 valence electrons. The molecule has 1 saturated heterocycles. The SMILES string of the molecule is CCN=C(c1cc2c(-c3ccsc3)cccc2[nH]1)c1cc(-c2cncc(OC3CCNCC3)c2)ncc1N. The molecule has 0 spiro atoms. The van der Waals surface area contributed by atoms with E-state index < -0.39 is 0 Å². The van der Waals surface area contributed by atoms with Crippen LogP contribution in [-0.2, 0) is 0 Å². The van der Waals surface area contributed by atoms with Gasteiger partial charge in [-0.15, -0.1) is 0 Å². The molecule has 1 aliphatic heterocycles. The van der Waals surface area contributed by atoms with Crippen LogP contribution in [0.4, 0.5) is 5.69 Å². The lowest BCUT2D eigenvalue weighted by atomic mass is 10.0. The normalized spacial score (nSPS) is 14.7. The van der Waals surface area contributed by atoms with Gasteiger partial charge < -0.3 is 20.8 Å². The first-order valence-corrected chi connectivity index (χ1v) is 13.9. The molecule has 0 unspecified atom stereocenters. The van der Waals surface area contributed by atoms with Gasteiger partial charge in [-0.2, -0.15) is 11.3 Å². The number of pyridine rings is 2. The van der Waals surface area contributed by atoms with E-state index in [1.165, 1.54) is 11.1 Å². The summed E-state index contributed by atoms with van der Waals surface area (Å²) >= 11 is 1.70. The number of rotatable bonds is 7. The first-order chi connectivity index (χ1) is 18.7. The molecule has 7 nitrogen and oxygen atoms in total. The smallest absolute Gasteiger partial charge is 0.138 e. The molecule has 1 aromatic carbocycles. The fraction of sp³-hybridized carbons (Fsp3) is 0.233. The lowest BCUT2D eigenvalue weighted by molar-refractivity contribution is 0.162. The summed E-state index contributed by atoms with van der Waals surface area (Å²) in [5, 5.41) is 8.80. The maximum Gasteiger partial charge on any atom is 0.138 e. The third kappa shape index (κ3) is 4.92. The van der Waals surface area contributed by atoms with E-state index in [2.05, 4.69) is 61.4 Å². The molecule has 1 fully saturated rings. The Morgan fingerprint density at radius 2 is 2.00 bits per heavy atom. The number of thiophene rings is 1. The fourth-order valence-electron chi connectivity index (χ4n) is 4.98. The number of nitrogens with zero attached hydrogens (tertiary/aromatic N) is 3. The van der Waals surface area contributed by atoms with E-state index >= 15 is 0 Å². The Balaban J connectivity index is 1.37. The van der Waals surface area contributed by atoms with Gasteiger partial charge in [0, 0.05) is 34.8 Å². The summed E-state index contributed by atoms with van der Waals surface area (Å²) in [6.45, 7) is 4.61. The van der Waals surface area contributed by atoms with Crippen molar-refractivity contribution in [3.8, 4) is 28.1 Å². The second-order valence-electron chi connectivity index (χ2n) is 9.42. The molecule has 5 aromatic rings. The van der Waals surface area contributed by atoms with Crippen molar-refractivity contribution in [3.05, 3.63) is 83.1 Å². The van der Waals surface area contributed by atoms with Crippen LogP contribution in [0.25, 0.3) is 33.3 Å². The summed E-state index contributed by atoms with van der Waals surface area (Å²) in [5.74, 6) is 0.758. The van der Waals surface area contributed by atoms with Crippen LogP contribution in [0.2, 0.25) is 0 Å². The van der Waals surface area contributed by atoms with E-state index in [1.807, 2.05) is 25.3 Å². The summed E-state index contributed by atoms with van der Waals surface area (Å²) in [7, 11) is 0. The molecule has 6 rings (SSSR count). The van der Waals surface area contributed by atoms with E-state index in [4.69, 9.17) is 15.5 Å². The van der Waals surface area contributed by atoms with E-state index in [-0.39, 0.29) is 6.10 Å². The average molecular weight is 523 g/mol. The Labute approximate surface area is 225 Å². The first kappa shape index (κ1) is 24.3. The van der Waals surface area contributed by atoms with Crippen molar-refractivity contribution in [2.45, 2.75) is 25.9 Å². The monoisotopic (exact) mass is 522 g/mol. The van der Waals surface area contributed by atoms with Crippen molar-refractivity contribution in [2.75, 3.05) is 25.4 Å². The minimum Gasteiger partial charge on any atom is -0.489 e. The van der Waals surface area contributed by atoms with Gasteiger partial charge in [0.05, 0.1) is 35.2 Å². The summed E-state index contributed by atoms with van der Waals surface area (Å²) in [6.07, 6.45) is 7.46. The van der Waals surface area contributed by atoms with Gasteiger partial charge in [0.2, 0.25) is 0 Å². The van der Waals surface area contributed by atoms with E-state index in [9.17, 15) is 0 Å². The second kappa shape index (κ2) is 10.8. The van der Waals surface area contributed by atoms with Gasteiger partial charge in [-0.3, -0.25) is 15.0 Å². The van der Waals surface area contributed by atoms with Crippen molar-refractivity contribution < 1.29 is 4.74 Å². The highest BCUT2D eigenvalue weighted by Gasteiger charge is 2.18. The zero-order valence-corrected chi connectivity index (χ0v) is 22.1. The van der Waals surface area contributed by atoms with Gasteiger partial charge >= 0.3 is 0 Å². The number of nitrogens with two attached hydrogens (primary N) is 1. The number of ether oxygens (including phenoxy) is 1. The molecule has 38 heavy (non-hydrogen) atoms. The van der Waals surface area contributed by atoms with Gasteiger partial charge in [0.1, 0.15) is 11.9 Å². The quantitative estimate of drug-likeness (QED) is 0.230. The number of H-pyrrole nitrogens is 1. The zero-order valence-electron chi connectivity index (χ0n) is 21.3. The maximum absolute atomic E-state index is 6.49. The van der Waals surface area contributed by atoms with Crippen molar-refractivity contribution >= 4 is 33.6 Å². The summed E-state index contributed by atoms with van der Waals surface area (Å²) in [4.78, 5) is 17.5. The summed E-state index contributed by atoms with van der Waals surface area (Å²) in [6, 6.07) is 14.7. The van der Waals surface area contributed by atoms with E-state index in [1.54, 1.807) is 23.7 Å². The highest BCUT2D eigenvalue weighted by molar-refractivity contribution is 7.08. The van der Waals surface area contributed by atoms with Crippen molar-refractivity contribution in [1.82, 2.24) is 20.3 Å². The molecule has 0 radical (unpaired) electrons. The van der Waals surface area contributed by atoms with Gasteiger partial charge in [0.15, 0.2) is 0 Å². The molecule has 0 aliphatic carbocycles. The van der Waals surface area contributed by atoms with Crippen LogP contribution >= 0.6 is 11.3 Å². The number of fused-ring (bicyclic) bond motifs is 1. The average Bonchev–Trinajstić information content (AvgIpc) is 3.63. The van der Waals surface area contributed by atoms with Crippen molar-refractivity contribution in [1.29, 1.82) is 0 Å². The van der Waals surface area contributed by atoms with Crippen LogP contribution in [-0.4, -0.2) is 46.4 Å². The number of nitrogen functional groups attached to an aromatic ring is 1. The number of anilines is 1. The topological polar surface area (TPSA) is 101 Å². The van der Waals surface area contributed by atoms with Gasteiger partial charge in [0.25, 0.3) is 0 Å². The number of piperidine rings is 1. The standard InChI is InChI=1S/C30H30N6OS/c1-2-34-30(29-13-24-23(19-8-11-38-18-19)4-3-5-27(24)36-29)25-14-28(35-17-26(25)31)20-12-22(16-33-15-20)37-21-6-9-32-10-7-21/h3-5,8,11-18,21,32,36H,2,6-7,9-10,31H2,1H3. The van der Waals surface area contributed by atoms with Crippen molar-refractivity contribution in [2.24, 2.45) is 4.99 Å². The Bertz CT molecular complexity index is 1580. The Kier molecular flexibility index (Phi) is 6.90. The lowest BCUT2D eigenvalue weighted by Crippen LogP contribution is -2.34. The van der Waals surface area contributed by atoms with E-state index in [0.29, 0.717) is 12.2 Å². The maximum atomic E-state index is 6.49. The number of aliphatic imine (C=N–C) groups is 1. The van der Waals surface area contributed by atoms with Crippen LogP contribution < -0.4 is 15.8 Å². The minimum absolute atomic E-state index is 0.201. The molecular weight excluding hydrogens is 492 g/mol. The van der Waals surface area contributed by atoms with Gasteiger partial charge in [-0.25, -0.2) is 0 Å². The molecule has 1 aliphatic rings. The third-order valence-electron chi connectivity index (χ3n) is 6.86. The van der Waals surface area contributed by atoms with Gasteiger partial charge in [-0.1, -0.05) is 12.1 Å². The summed E-state index contributed by atoms with van der Waals surface area (Å²) in [5.41, 5.74) is 14.8.